The molecule has 0 radical (unpaired) electrons. The summed E-state index contributed by atoms with van der Waals surface area (Å²) in [7, 11) is 0. The SMILES string of the molecule is CC(=O)OC(C1C[C@@H](C)[C@H]2C(O1)[C@H](O)[C@@]1(C)C3CC[C@H]4C(C)(C)C(O[C@H]5CN(C6COC6)CCO5)CCC45CC35CCC21C)C(C)(C)C. The lowest BCUT2D eigenvalue weighted by atomic mass is 9.41. The summed E-state index contributed by atoms with van der Waals surface area (Å²) in [4.78, 5) is 14.7. The summed E-state index contributed by atoms with van der Waals surface area (Å²) in [6, 6.07) is 0.519. The first-order chi connectivity index (χ1) is 22.5. The van der Waals surface area contributed by atoms with Crippen molar-refractivity contribution in [3.8, 4) is 0 Å². The van der Waals surface area contributed by atoms with Crippen LogP contribution < -0.4 is 0 Å². The molecular formula is C40H65NO7. The Morgan fingerprint density at radius 3 is 2.38 bits per heavy atom. The molecular weight excluding hydrogens is 606 g/mol. The molecule has 14 atom stereocenters. The van der Waals surface area contributed by atoms with Gasteiger partial charge in [0.25, 0.3) is 0 Å². The van der Waals surface area contributed by atoms with Gasteiger partial charge in [-0.15, -0.1) is 0 Å². The first-order valence-electron chi connectivity index (χ1n) is 19.6. The highest BCUT2D eigenvalue weighted by molar-refractivity contribution is 5.66. The Labute approximate surface area is 289 Å². The summed E-state index contributed by atoms with van der Waals surface area (Å²) in [5.74, 6) is 1.55. The Morgan fingerprint density at radius 1 is 1.00 bits per heavy atom. The minimum Gasteiger partial charge on any atom is -0.459 e. The van der Waals surface area contributed by atoms with Crippen LogP contribution in [0.15, 0.2) is 0 Å². The third-order valence-electron chi connectivity index (χ3n) is 16.8. The number of esters is 1. The molecule has 8 aliphatic rings. The van der Waals surface area contributed by atoms with Gasteiger partial charge in [0.1, 0.15) is 6.10 Å². The highest BCUT2D eigenvalue weighted by atomic mass is 16.7. The summed E-state index contributed by atoms with van der Waals surface area (Å²) in [5.41, 5.74) is 0.279. The zero-order chi connectivity index (χ0) is 34.2. The molecule has 8 rings (SSSR count). The molecule has 48 heavy (non-hydrogen) atoms. The standard InChI is InChI=1S/C40H65NO7/c1-23-18-26(34(35(3,4)5)46-24(2)42)47-32-31(23)37(8)14-15-40-22-39(40)13-12-29(48-30-19-41(16-17-45-30)25-20-44-21-25)36(6,7)27(39)10-11-28(40)38(37,9)33(32)43/h23,25-34,43H,10-22H2,1-9H3/t23-,26?,27+,28?,29?,30+,31+,32?,33+,34?,37?,38-,39?,40?/m1/s1. The van der Waals surface area contributed by atoms with Crippen LogP contribution in [0, 0.1) is 56.2 Å². The predicted molar refractivity (Wildman–Crippen MR) is 182 cm³/mol. The van der Waals surface area contributed by atoms with Crippen molar-refractivity contribution >= 4 is 5.97 Å². The monoisotopic (exact) mass is 671 g/mol. The van der Waals surface area contributed by atoms with Crippen LogP contribution in [0.2, 0.25) is 0 Å². The van der Waals surface area contributed by atoms with Gasteiger partial charge in [-0.3, -0.25) is 9.69 Å². The first kappa shape index (κ1) is 34.3. The number of rotatable bonds is 5. The van der Waals surface area contributed by atoms with Crippen molar-refractivity contribution in [3.05, 3.63) is 0 Å². The number of hydrogen-bond donors (Lipinski definition) is 1. The highest BCUT2D eigenvalue weighted by Gasteiger charge is 2.84. The lowest BCUT2D eigenvalue weighted by Crippen LogP contribution is -2.60. The van der Waals surface area contributed by atoms with Crippen molar-refractivity contribution in [1.82, 2.24) is 4.90 Å². The highest BCUT2D eigenvalue weighted by Crippen LogP contribution is 2.89. The van der Waals surface area contributed by atoms with E-state index in [9.17, 15) is 9.90 Å². The van der Waals surface area contributed by atoms with Crippen LogP contribution in [0.4, 0.5) is 0 Å². The molecule has 272 valence electrons. The molecule has 3 aliphatic heterocycles. The van der Waals surface area contributed by atoms with E-state index in [0.717, 1.165) is 52.2 Å². The predicted octanol–water partition coefficient (Wildman–Crippen LogP) is 6.22. The number of ether oxygens (including phenoxy) is 5. The molecule has 3 saturated heterocycles. The van der Waals surface area contributed by atoms with Crippen molar-refractivity contribution in [2.24, 2.45) is 56.2 Å². The molecule has 1 N–H and O–H groups in total. The van der Waals surface area contributed by atoms with Crippen molar-refractivity contribution < 1.29 is 33.6 Å². The zero-order valence-corrected chi connectivity index (χ0v) is 31.4. The second-order valence-corrected chi connectivity index (χ2v) is 20.1. The molecule has 3 heterocycles. The maximum atomic E-state index is 12.6. The molecule has 8 fully saturated rings. The van der Waals surface area contributed by atoms with Crippen LogP contribution in [0.5, 0.6) is 0 Å². The van der Waals surface area contributed by atoms with E-state index in [1.54, 1.807) is 0 Å². The smallest absolute Gasteiger partial charge is 0.303 e. The summed E-state index contributed by atoms with van der Waals surface area (Å²) >= 11 is 0. The Kier molecular flexibility index (Phi) is 7.95. The van der Waals surface area contributed by atoms with Gasteiger partial charge in [0.05, 0.1) is 56.8 Å². The van der Waals surface area contributed by atoms with Crippen LogP contribution in [0.3, 0.4) is 0 Å². The van der Waals surface area contributed by atoms with E-state index in [1.165, 1.54) is 39.0 Å². The zero-order valence-electron chi connectivity index (χ0n) is 31.4. The Morgan fingerprint density at radius 2 is 1.71 bits per heavy atom. The van der Waals surface area contributed by atoms with Crippen molar-refractivity contribution in [2.45, 2.75) is 157 Å². The average Bonchev–Trinajstić information content (AvgIpc) is 3.61. The van der Waals surface area contributed by atoms with Crippen LogP contribution in [-0.4, -0.2) is 91.7 Å². The van der Waals surface area contributed by atoms with Crippen LogP contribution >= 0.6 is 0 Å². The second kappa shape index (κ2) is 11.1. The summed E-state index contributed by atoms with van der Waals surface area (Å²) < 4.78 is 31.6. The van der Waals surface area contributed by atoms with Gasteiger partial charge in [-0.05, 0) is 96.7 Å². The van der Waals surface area contributed by atoms with Crippen molar-refractivity contribution in [3.63, 3.8) is 0 Å². The van der Waals surface area contributed by atoms with E-state index in [0.29, 0.717) is 40.5 Å². The number of aliphatic hydroxyl groups excluding tert-OH is 1. The average molecular weight is 672 g/mol. The molecule has 0 amide bonds. The quantitative estimate of drug-likeness (QED) is 0.345. The number of fused-ring (bicyclic) bond motifs is 4. The Hall–Kier alpha value is -0.770. The normalized spacial score (nSPS) is 52.1. The molecule has 2 spiro atoms. The lowest BCUT2D eigenvalue weighted by Gasteiger charge is -2.64. The second-order valence-electron chi connectivity index (χ2n) is 20.1. The van der Waals surface area contributed by atoms with Crippen molar-refractivity contribution in [1.29, 1.82) is 0 Å². The van der Waals surface area contributed by atoms with Gasteiger partial charge in [0, 0.05) is 24.3 Å². The van der Waals surface area contributed by atoms with E-state index in [1.807, 2.05) is 0 Å². The third kappa shape index (κ3) is 4.56. The van der Waals surface area contributed by atoms with Gasteiger partial charge in [0.2, 0.25) is 0 Å². The fourth-order valence-corrected chi connectivity index (χ4v) is 14.4. The summed E-state index contributed by atoms with van der Waals surface area (Å²) in [6.07, 6.45) is 8.09. The van der Waals surface area contributed by atoms with Gasteiger partial charge in [-0.25, -0.2) is 0 Å². The van der Waals surface area contributed by atoms with E-state index < -0.39 is 6.10 Å². The molecule has 0 aromatic rings. The molecule has 5 saturated carbocycles. The Bertz CT molecular complexity index is 1280. The lowest BCUT2D eigenvalue weighted by molar-refractivity contribution is -0.256. The first-order valence-corrected chi connectivity index (χ1v) is 19.6. The van der Waals surface area contributed by atoms with E-state index >= 15 is 0 Å². The van der Waals surface area contributed by atoms with E-state index in [2.05, 4.69) is 60.3 Å². The van der Waals surface area contributed by atoms with Gasteiger partial charge in [-0.2, -0.15) is 0 Å². The molecule has 8 nitrogen and oxygen atoms in total. The number of carbonyl (C=O) groups excluding carboxylic acids is 1. The van der Waals surface area contributed by atoms with E-state index in [-0.39, 0.29) is 58.3 Å². The molecule has 8 heteroatoms. The number of hydrogen-bond acceptors (Lipinski definition) is 8. The maximum absolute atomic E-state index is 12.6. The fourth-order valence-electron chi connectivity index (χ4n) is 14.4. The number of carbonyl (C=O) groups is 1. The maximum Gasteiger partial charge on any atom is 0.303 e. The van der Waals surface area contributed by atoms with Gasteiger partial charge in [0.15, 0.2) is 6.29 Å². The minimum atomic E-state index is -0.521. The fraction of sp³-hybridized carbons (Fsp3) is 0.975. The third-order valence-corrected chi connectivity index (χ3v) is 16.8. The van der Waals surface area contributed by atoms with Gasteiger partial charge < -0.3 is 28.8 Å². The number of nitrogens with zero attached hydrogens (tertiary/aromatic N) is 1. The van der Waals surface area contributed by atoms with E-state index in [4.69, 9.17) is 23.7 Å². The molecule has 0 bridgehead atoms. The van der Waals surface area contributed by atoms with Gasteiger partial charge in [-0.1, -0.05) is 55.4 Å². The largest absolute Gasteiger partial charge is 0.459 e. The Balaban J connectivity index is 1.03. The van der Waals surface area contributed by atoms with Crippen LogP contribution in [-0.2, 0) is 28.5 Å². The summed E-state index contributed by atoms with van der Waals surface area (Å²) in [5, 5.41) is 12.6. The molecule has 0 aromatic heterocycles. The molecule has 8 unspecified atom stereocenters. The number of morpholine rings is 1. The topological polar surface area (TPSA) is 86.7 Å². The molecule has 5 aliphatic carbocycles. The minimum absolute atomic E-state index is 0.0121. The van der Waals surface area contributed by atoms with Crippen LogP contribution in [0.1, 0.15) is 114 Å². The summed E-state index contributed by atoms with van der Waals surface area (Å²) in [6.45, 7) is 24.5. The molecule has 0 aromatic carbocycles. The van der Waals surface area contributed by atoms with Crippen LogP contribution in [0.25, 0.3) is 0 Å². The van der Waals surface area contributed by atoms with Gasteiger partial charge >= 0.3 is 5.97 Å². The number of aliphatic hydroxyl groups is 1. The van der Waals surface area contributed by atoms with Crippen molar-refractivity contribution in [2.75, 3.05) is 32.9 Å².